The largest absolute Gasteiger partial charge is 0.431 e. The van der Waals surface area contributed by atoms with E-state index >= 15 is 0 Å². The van der Waals surface area contributed by atoms with Gasteiger partial charge in [-0.2, -0.15) is 0 Å². The van der Waals surface area contributed by atoms with E-state index in [1.807, 2.05) is 43.3 Å². The van der Waals surface area contributed by atoms with Crippen LogP contribution in [0.2, 0.25) is 0 Å². The van der Waals surface area contributed by atoms with Gasteiger partial charge in [0, 0.05) is 11.1 Å². The Balaban J connectivity index is 1.80. The Morgan fingerprint density at radius 3 is 2.80 bits per heavy atom. The van der Waals surface area contributed by atoms with Gasteiger partial charge in [0.25, 0.3) is 5.22 Å². The van der Waals surface area contributed by atoms with E-state index in [1.165, 1.54) is 11.8 Å². The molecule has 0 amide bonds. The highest BCUT2D eigenvalue weighted by Crippen LogP contribution is 2.29. The van der Waals surface area contributed by atoms with Gasteiger partial charge in [-0.05, 0) is 42.4 Å². The Bertz CT molecular complexity index is 676. The number of benzene rings is 1. The summed E-state index contributed by atoms with van der Waals surface area (Å²) >= 11 is 1.42. The SMILES string of the molecule is CCC(O)c1ccc(Sc2nc3ccccc3o2)cn1. The van der Waals surface area contributed by atoms with Crippen molar-refractivity contribution in [2.24, 2.45) is 0 Å². The Morgan fingerprint density at radius 2 is 2.10 bits per heavy atom. The van der Waals surface area contributed by atoms with Crippen molar-refractivity contribution in [1.82, 2.24) is 9.97 Å². The first-order valence-electron chi connectivity index (χ1n) is 6.43. The van der Waals surface area contributed by atoms with Gasteiger partial charge in [0.05, 0.1) is 11.8 Å². The first-order valence-corrected chi connectivity index (χ1v) is 7.25. The van der Waals surface area contributed by atoms with E-state index in [0.29, 0.717) is 17.3 Å². The predicted molar refractivity (Wildman–Crippen MR) is 77.6 cm³/mol. The quantitative estimate of drug-likeness (QED) is 0.790. The molecule has 1 N–H and O–H groups in total. The molecule has 3 aromatic rings. The maximum Gasteiger partial charge on any atom is 0.261 e. The molecule has 0 aliphatic carbocycles. The minimum absolute atomic E-state index is 0.502. The smallest absolute Gasteiger partial charge is 0.261 e. The van der Waals surface area contributed by atoms with Gasteiger partial charge in [-0.3, -0.25) is 4.98 Å². The monoisotopic (exact) mass is 286 g/mol. The van der Waals surface area contributed by atoms with Gasteiger partial charge in [0.15, 0.2) is 5.58 Å². The number of rotatable bonds is 4. The fourth-order valence-corrected chi connectivity index (χ4v) is 2.57. The Labute approximate surface area is 120 Å². The summed E-state index contributed by atoms with van der Waals surface area (Å²) in [6.07, 6.45) is 1.89. The van der Waals surface area contributed by atoms with E-state index in [9.17, 15) is 5.11 Å². The molecule has 20 heavy (non-hydrogen) atoms. The van der Waals surface area contributed by atoms with Gasteiger partial charge in [-0.1, -0.05) is 19.1 Å². The van der Waals surface area contributed by atoms with Gasteiger partial charge in [0.1, 0.15) is 5.52 Å². The van der Waals surface area contributed by atoms with Crippen LogP contribution in [0, 0.1) is 0 Å². The highest BCUT2D eigenvalue weighted by atomic mass is 32.2. The first-order chi connectivity index (χ1) is 9.76. The average molecular weight is 286 g/mol. The van der Waals surface area contributed by atoms with Crippen LogP contribution >= 0.6 is 11.8 Å². The van der Waals surface area contributed by atoms with Crippen molar-refractivity contribution < 1.29 is 9.52 Å². The van der Waals surface area contributed by atoms with Crippen molar-refractivity contribution in [3.8, 4) is 0 Å². The van der Waals surface area contributed by atoms with Gasteiger partial charge in [0.2, 0.25) is 0 Å². The number of hydrogen-bond acceptors (Lipinski definition) is 5. The minimum atomic E-state index is -0.502. The van der Waals surface area contributed by atoms with E-state index in [-0.39, 0.29) is 0 Å². The van der Waals surface area contributed by atoms with Crippen LogP contribution in [0.1, 0.15) is 25.1 Å². The fourth-order valence-electron chi connectivity index (χ4n) is 1.85. The molecule has 0 fully saturated rings. The van der Waals surface area contributed by atoms with Crippen molar-refractivity contribution in [3.05, 3.63) is 48.3 Å². The number of aliphatic hydroxyl groups is 1. The second kappa shape index (κ2) is 5.64. The highest BCUT2D eigenvalue weighted by molar-refractivity contribution is 7.99. The highest BCUT2D eigenvalue weighted by Gasteiger charge is 2.09. The lowest BCUT2D eigenvalue weighted by atomic mass is 10.2. The van der Waals surface area contributed by atoms with Crippen LogP contribution in [0.15, 0.2) is 57.1 Å². The van der Waals surface area contributed by atoms with E-state index < -0.39 is 6.10 Å². The van der Waals surface area contributed by atoms with Gasteiger partial charge < -0.3 is 9.52 Å². The van der Waals surface area contributed by atoms with Gasteiger partial charge >= 0.3 is 0 Å². The molecule has 1 unspecified atom stereocenters. The summed E-state index contributed by atoms with van der Waals surface area (Å²) in [6, 6.07) is 11.4. The maximum absolute atomic E-state index is 9.71. The third-order valence-electron chi connectivity index (χ3n) is 2.97. The molecule has 0 radical (unpaired) electrons. The lowest BCUT2D eigenvalue weighted by Gasteiger charge is -2.06. The van der Waals surface area contributed by atoms with E-state index in [2.05, 4.69) is 9.97 Å². The first kappa shape index (κ1) is 13.1. The molecule has 0 aliphatic rings. The molecular formula is C15H14N2O2S. The molecule has 3 rings (SSSR count). The van der Waals surface area contributed by atoms with Crippen LogP contribution in [0.3, 0.4) is 0 Å². The minimum Gasteiger partial charge on any atom is -0.431 e. The molecule has 1 aromatic carbocycles. The predicted octanol–water partition coefficient (Wildman–Crippen LogP) is 3.82. The van der Waals surface area contributed by atoms with Crippen LogP contribution in [-0.4, -0.2) is 15.1 Å². The molecule has 2 aromatic heterocycles. The summed E-state index contributed by atoms with van der Waals surface area (Å²) < 4.78 is 5.65. The number of aromatic nitrogens is 2. The molecule has 0 spiro atoms. The van der Waals surface area contributed by atoms with Crippen molar-refractivity contribution in [1.29, 1.82) is 0 Å². The zero-order valence-corrected chi connectivity index (χ0v) is 11.8. The van der Waals surface area contributed by atoms with Crippen LogP contribution in [0.4, 0.5) is 0 Å². The van der Waals surface area contributed by atoms with Crippen molar-refractivity contribution in [2.75, 3.05) is 0 Å². The number of hydrogen-bond donors (Lipinski definition) is 1. The van der Waals surface area contributed by atoms with Crippen molar-refractivity contribution >= 4 is 22.9 Å². The van der Waals surface area contributed by atoms with E-state index in [4.69, 9.17) is 4.42 Å². The van der Waals surface area contributed by atoms with Crippen LogP contribution in [0.5, 0.6) is 0 Å². The molecule has 2 heterocycles. The zero-order chi connectivity index (χ0) is 13.9. The molecule has 5 heteroatoms. The Hall–Kier alpha value is -1.85. The molecule has 102 valence electrons. The molecule has 0 saturated carbocycles. The number of nitrogens with zero attached hydrogens (tertiary/aromatic N) is 2. The number of aliphatic hydroxyl groups excluding tert-OH is 1. The van der Waals surface area contributed by atoms with Crippen LogP contribution in [-0.2, 0) is 0 Å². The van der Waals surface area contributed by atoms with Gasteiger partial charge in [-0.15, -0.1) is 0 Å². The maximum atomic E-state index is 9.71. The summed E-state index contributed by atoms with van der Waals surface area (Å²) in [5.74, 6) is 0. The molecule has 0 saturated heterocycles. The summed E-state index contributed by atoms with van der Waals surface area (Å²) in [6.45, 7) is 1.92. The zero-order valence-electron chi connectivity index (χ0n) is 11.0. The number of fused-ring (bicyclic) bond motifs is 1. The third-order valence-corrected chi connectivity index (χ3v) is 3.79. The molecular weight excluding hydrogens is 272 g/mol. The second-order valence-electron chi connectivity index (χ2n) is 4.39. The lowest BCUT2D eigenvalue weighted by molar-refractivity contribution is 0.169. The van der Waals surface area contributed by atoms with Crippen molar-refractivity contribution in [3.63, 3.8) is 0 Å². The number of pyridine rings is 1. The number of para-hydroxylation sites is 2. The van der Waals surface area contributed by atoms with Crippen LogP contribution < -0.4 is 0 Å². The molecule has 0 bridgehead atoms. The normalized spacial score (nSPS) is 12.7. The summed E-state index contributed by atoms with van der Waals surface area (Å²) in [5.41, 5.74) is 2.32. The topological polar surface area (TPSA) is 59.2 Å². The lowest BCUT2D eigenvalue weighted by Crippen LogP contribution is -1.97. The van der Waals surface area contributed by atoms with Gasteiger partial charge in [-0.25, -0.2) is 4.98 Å². The summed E-state index contributed by atoms with van der Waals surface area (Å²) in [4.78, 5) is 9.59. The Morgan fingerprint density at radius 1 is 1.25 bits per heavy atom. The Kier molecular flexibility index (Phi) is 3.71. The van der Waals surface area contributed by atoms with Crippen LogP contribution in [0.25, 0.3) is 11.1 Å². The number of oxazole rings is 1. The second-order valence-corrected chi connectivity index (χ2v) is 5.42. The summed E-state index contributed by atoms with van der Waals surface area (Å²) in [5, 5.41) is 10.3. The van der Waals surface area contributed by atoms with Crippen molar-refractivity contribution in [2.45, 2.75) is 29.6 Å². The molecule has 0 aliphatic heterocycles. The van der Waals surface area contributed by atoms with E-state index in [0.717, 1.165) is 16.0 Å². The standard InChI is InChI=1S/C15H14N2O2S/c1-2-13(18)11-8-7-10(9-16-11)20-15-17-12-5-3-4-6-14(12)19-15/h3-9,13,18H,2H2,1H3. The summed E-state index contributed by atoms with van der Waals surface area (Å²) in [7, 11) is 0. The molecule has 1 atom stereocenters. The fraction of sp³-hybridized carbons (Fsp3) is 0.200. The van der Waals surface area contributed by atoms with E-state index in [1.54, 1.807) is 6.20 Å². The molecule has 4 nitrogen and oxygen atoms in total. The average Bonchev–Trinajstić information content (AvgIpc) is 2.89. The third kappa shape index (κ3) is 2.69.